The number of hydrogen-bond donors (Lipinski definition) is 3. The first kappa shape index (κ1) is 17.0. The second-order valence-corrected chi connectivity index (χ2v) is 5.25. The van der Waals surface area contributed by atoms with Gasteiger partial charge in [0.25, 0.3) is 0 Å². The Bertz CT molecular complexity index is 588. The van der Waals surface area contributed by atoms with Crippen LogP contribution in [-0.4, -0.2) is 35.1 Å². The van der Waals surface area contributed by atoms with Crippen molar-refractivity contribution < 1.29 is 19.7 Å². The Morgan fingerprint density at radius 2 is 1.57 bits per heavy atom. The number of carbonyl (C=O) groups is 1. The highest BCUT2D eigenvalue weighted by Crippen LogP contribution is 2.07. The maximum absolute atomic E-state index is 11.9. The quantitative estimate of drug-likeness (QED) is 0.729. The number of carbonyl (C=O) groups excluding carboxylic acids is 1. The van der Waals surface area contributed by atoms with Crippen molar-refractivity contribution in [2.45, 2.75) is 25.2 Å². The third-order valence-corrected chi connectivity index (χ3v) is 3.47. The SMILES string of the molecule is O=C(N[C@@H](Cc1ccccc1)[C@H](O)CO)OCc1ccccc1. The summed E-state index contributed by atoms with van der Waals surface area (Å²) < 4.78 is 5.15. The van der Waals surface area contributed by atoms with Crippen LogP contribution >= 0.6 is 0 Å². The van der Waals surface area contributed by atoms with Gasteiger partial charge in [-0.3, -0.25) is 0 Å². The van der Waals surface area contributed by atoms with Gasteiger partial charge in [0, 0.05) is 0 Å². The Labute approximate surface area is 135 Å². The van der Waals surface area contributed by atoms with Crippen molar-refractivity contribution in [2.24, 2.45) is 0 Å². The van der Waals surface area contributed by atoms with Crippen molar-refractivity contribution >= 4 is 6.09 Å². The molecule has 0 unspecified atom stereocenters. The molecule has 122 valence electrons. The molecule has 3 N–H and O–H groups in total. The van der Waals surface area contributed by atoms with Crippen LogP contribution < -0.4 is 5.32 Å². The van der Waals surface area contributed by atoms with Gasteiger partial charge in [-0.15, -0.1) is 0 Å². The van der Waals surface area contributed by atoms with Gasteiger partial charge in [-0.1, -0.05) is 60.7 Å². The Kier molecular flexibility index (Phi) is 6.59. The minimum Gasteiger partial charge on any atom is -0.445 e. The predicted octanol–water partition coefficient (Wildman–Crippen LogP) is 1.88. The Morgan fingerprint density at radius 1 is 1.00 bits per heavy atom. The first-order valence-electron chi connectivity index (χ1n) is 7.49. The van der Waals surface area contributed by atoms with Crippen LogP contribution in [-0.2, 0) is 17.8 Å². The molecule has 2 rings (SSSR count). The van der Waals surface area contributed by atoms with Crippen molar-refractivity contribution in [1.29, 1.82) is 0 Å². The van der Waals surface area contributed by atoms with E-state index >= 15 is 0 Å². The number of rotatable bonds is 7. The lowest BCUT2D eigenvalue weighted by Gasteiger charge is -2.22. The molecule has 0 radical (unpaired) electrons. The molecule has 0 aliphatic heterocycles. The lowest BCUT2D eigenvalue weighted by Crippen LogP contribution is -2.46. The van der Waals surface area contributed by atoms with E-state index in [0.717, 1.165) is 11.1 Å². The van der Waals surface area contributed by atoms with Crippen molar-refractivity contribution in [1.82, 2.24) is 5.32 Å². The minimum atomic E-state index is -1.06. The molecule has 5 nitrogen and oxygen atoms in total. The van der Waals surface area contributed by atoms with E-state index in [0.29, 0.717) is 6.42 Å². The lowest BCUT2D eigenvalue weighted by atomic mass is 10.0. The first-order chi connectivity index (χ1) is 11.2. The average Bonchev–Trinajstić information content (AvgIpc) is 2.60. The molecule has 0 aromatic heterocycles. The molecule has 0 bridgehead atoms. The first-order valence-corrected chi connectivity index (χ1v) is 7.49. The maximum Gasteiger partial charge on any atom is 0.407 e. The summed E-state index contributed by atoms with van der Waals surface area (Å²) in [5, 5.41) is 21.7. The van der Waals surface area contributed by atoms with Crippen LogP contribution in [0, 0.1) is 0 Å². The number of aliphatic hydroxyl groups is 2. The summed E-state index contributed by atoms with van der Waals surface area (Å²) in [6.45, 7) is -0.281. The van der Waals surface area contributed by atoms with Gasteiger partial charge in [0.2, 0.25) is 0 Å². The highest BCUT2D eigenvalue weighted by atomic mass is 16.5. The fourth-order valence-corrected chi connectivity index (χ4v) is 2.19. The van der Waals surface area contributed by atoms with Crippen LogP contribution in [0.3, 0.4) is 0 Å². The Hall–Kier alpha value is -2.37. The summed E-state index contributed by atoms with van der Waals surface area (Å²) in [6.07, 6.45) is -1.27. The number of amides is 1. The number of benzene rings is 2. The van der Waals surface area contributed by atoms with E-state index in [1.807, 2.05) is 60.7 Å². The van der Waals surface area contributed by atoms with Gasteiger partial charge in [-0.05, 0) is 17.5 Å². The number of nitrogens with one attached hydrogen (secondary N) is 1. The summed E-state index contributed by atoms with van der Waals surface area (Å²) in [4.78, 5) is 11.9. The molecule has 2 atom stereocenters. The van der Waals surface area contributed by atoms with Crippen LogP contribution in [0.15, 0.2) is 60.7 Å². The summed E-state index contributed by atoms with van der Waals surface area (Å²) in [6, 6.07) is 18.2. The van der Waals surface area contributed by atoms with Crippen LogP contribution in [0.5, 0.6) is 0 Å². The smallest absolute Gasteiger partial charge is 0.407 e. The van der Waals surface area contributed by atoms with Crippen LogP contribution in [0.2, 0.25) is 0 Å². The van der Waals surface area contributed by atoms with E-state index in [1.165, 1.54) is 0 Å². The Morgan fingerprint density at radius 3 is 2.13 bits per heavy atom. The van der Waals surface area contributed by atoms with Crippen molar-refractivity contribution in [3.63, 3.8) is 0 Å². The molecule has 0 saturated carbocycles. The summed E-state index contributed by atoms with van der Waals surface area (Å²) in [5.74, 6) is 0. The highest BCUT2D eigenvalue weighted by molar-refractivity contribution is 5.67. The van der Waals surface area contributed by atoms with E-state index in [2.05, 4.69) is 5.32 Å². The van der Waals surface area contributed by atoms with Gasteiger partial charge in [-0.2, -0.15) is 0 Å². The summed E-state index contributed by atoms with van der Waals surface area (Å²) in [7, 11) is 0. The number of ether oxygens (including phenoxy) is 1. The normalized spacial score (nSPS) is 13.1. The fourth-order valence-electron chi connectivity index (χ4n) is 2.19. The van der Waals surface area contributed by atoms with Crippen molar-refractivity contribution in [3.8, 4) is 0 Å². The highest BCUT2D eigenvalue weighted by Gasteiger charge is 2.21. The van der Waals surface area contributed by atoms with E-state index < -0.39 is 24.8 Å². The van der Waals surface area contributed by atoms with Gasteiger partial charge in [0.1, 0.15) is 6.61 Å². The summed E-state index contributed by atoms with van der Waals surface area (Å²) in [5.41, 5.74) is 1.83. The largest absolute Gasteiger partial charge is 0.445 e. The molecule has 0 aliphatic carbocycles. The van der Waals surface area contributed by atoms with E-state index in [9.17, 15) is 9.90 Å². The number of aliphatic hydroxyl groups excluding tert-OH is 2. The molecule has 0 fully saturated rings. The lowest BCUT2D eigenvalue weighted by molar-refractivity contribution is 0.0574. The van der Waals surface area contributed by atoms with Gasteiger partial charge in [0.15, 0.2) is 0 Å². The van der Waals surface area contributed by atoms with Crippen LogP contribution in [0.1, 0.15) is 11.1 Å². The zero-order valence-electron chi connectivity index (χ0n) is 12.8. The number of alkyl carbamates (subject to hydrolysis) is 1. The second kappa shape index (κ2) is 8.92. The number of hydrogen-bond acceptors (Lipinski definition) is 4. The average molecular weight is 315 g/mol. The van der Waals surface area contributed by atoms with E-state index in [-0.39, 0.29) is 6.61 Å². The Balaban J connectivity index is 1.90. The maximum atomic E-state index is 11.9. The summed E-state index contributed by atoms with van der Waals surface area (Å²) >= 11 is 0. The molecule has 0 heterocycles. The predicted molar refractivity (Wildman–Crippen MR) is 86.8 cm³/mol. The van der Waals surface area contributed by atoms with Crippen molar-refractivity contribution in [3.05, 3.63) is 71.8 Å². The van der Waals surface area contributed by atoms with Gasteiger partial charge < -0.3 is 20.3 Å². The standard InChI is InChI=1S/C18H21NO4/c20-12-17(21)16(11-14-7-3-1-4-8-14)19-18(22)23-13-15-9-5-2-6-10-15/h1-10,16-17,20-21H,11-13H2,(H,19,22)/t16-,17+/m0/s1. The molecule has 2 aromatic rings. The monoisotopic (exact) mass is 315 g/mol. The third-order valence-electron chi connectivity index (χ3n) is 3.47. The molecule has 1 amide bonds. The molecule has 2 aromatic carbocycles. The minimum absolute atomic E-state index is 0.153. The molecule has 0 spiro atoms. The molecular formula is C18H21NO4. The molecule has 5 heteroatoms. The molecule has 0 aliphatic rings. The topological polar surface area (TPSA) is 78.8 Å². The molecule has 23 heavy (non-hydrogen) atoms. The van der Waals surface area contributed by atoms with E-state index in [1.54, 1.807) is 0 Å². The van der Waals surface area contributed by atoms with E-state index in [4.69, 9.17) is 9.84 Å². The van der Waals surface area contributed by atoms with Crippen molar-refractivity contribution in [2.75, 3.05) is 6.61 Å². The fraction of sp³-hybridized carbons (Fsp3) is 0.278. The zero-order chi connectivity index (χ0) is 16.5. The third kappa shape index (κ3) is 5.73. The second-order valence-electron chi connectivity index (χ2n) is 5.25. The van der Waals surface area contributed by atoms with Gasteiger partial charge in [-0.25, -0.2) is 4.79 Å². The van der Waals surface area contributed by atoms with Crippen LogP contribution in [0.4, 0.5) is 4.79 Å². The van der Waals surface area contributed by atoms with Gasteiger partial charge in [0.05, 0.1) is 18.8 Å². The van der Waals surface area contributed by atoms with Crippen LogP contribution in [0.25, 0.3) is 0 Å². The zero-order valence-corrected chi connectivity index (χ0v) is 12.8. The molecule has 0 saturated heterocycles. The molecular weight excluding hydrogens is 294 g/mol. The van der Waals surface area contributed by atoms with Gasteiger partial charge >= 0.3 is 6.09 Å².